The molecule has 10 nitrogen and oxygen atoms in total. The molecule has 0 aromatic carbocycles. The fourth-order valence-corrected chi connectivity index (χ4v) is 8.28. The third-order valence-electron chi connectivity index (χ3n) is 7.79. The first-order valence-electron chi connectivity index (χ1n) is 13.5. The Morgan fingerprint density at radius 3 is 2.52 bits per heavy atom. The van der Waals surface area contributed by atoms with Gasteiger partial charge < -0.3 is 14.7 Å². The van der Waals surface area contributed by atoms with Crippen LogP contribution in [-0.2, 0) is 32.8 Å². The SMILES string of the molecule is Cn1nc(-c2ccc(S(=O)(=O)NC3CCCN(CC(=O)N4CCCC4CN4CCCC4)C3=O)s2)cc1C(F)(F)F. The Labute approximate surface area is 235 Å². The number of hydrogen-bond donors (Lipinski definition) is 1. The van der Waals surface area contributed by atoms with Gasteiger partial charge in [-0.3, -0.25) is 14.3 Å². The van der Waals surface area contributed by atoms with Gasteiger partial charge in [-0.25, -0.2) is 8.42 Å². The molecule has 2 atom stereocenters. The summed E-state index contributed by atoms with van der Waals surface area (Å²) in [6.07, 6.45) is 0.456. The lowest BCUT2D eigenvalue weighted by Crippen LogP contribution is -2.55. The molecular weight excluding hydrogens is 569 g/mol. The molecule has 3 aliphatic heterocycles. The Morgan fingerprint density at radius 2 is 1.82 bits per heavy atom. The highest BCUT2D eigenvalue weighted by Gasteiger charge is 2.38. The van der Waals surface area contributed by atoms with Crippen molar-refractivity contribution in [3.05, 3.63) is 23.9 Å². The predicted octanol–water partition coefficient (Wildman–Crippen LogP) is 2.52. The van der Waals surface area contributed by atoms with E-state index in [4.69, 9.17) is 0 Å². The van der Waals surface area contributed by atoms with Crippen molar-refractivity contribution in [1.29, 1.82) is 0 Å². The molecule has 5 heterocycles. The largest absolute Gasteiger partial charge is 0.433 e. The molecule has 0 aliphatic carbocycles. The maximum absolute atomic E-state index is 13.2. The number of rotatable bonds is 8. The second-order valence-corrected chi connectivity index (χ2v) is 13.6. The maximum Gasteiger partial charge on any atom is 0.433 e. The summed E-state index contributed by atoms with van der Waals surface area (Å²) in [6.45, 7) is 3.90. The first-order valence-corrected chi connectivity index (χ1v) is 15.8. The Bertz CT molecular complexity index is 1350. The number of nitrogens with one attached hydrogen (secondary N) is 1. The van der Waals surface area contributed by atoms with Crippen LogP contribution in [0.1, 0.15) is 44.2 Å². The summed E-state index contributed by atoms with van der Waals surface area (Å²) in [7, 11) is -2.97. The zero-order valence-electron chi connectivity index (χ0n) is 22.2. The van der Waals surface area contributed by atoms with Gasteiger partial charge in [0.25, 0.3) is 10.0 Å². The molecule has 2 aromatic heterocycles. The number of piperidine rings is 1. The van der Waals surface area contributed by atoms with E-state index in [1.807, 2.05) is 4.90 Å². The van der Waals surface area contributed by atoms with Crippen LogP contribution in [0.25, 0.3) is 10.6 Å². The molecule has 3 saturated heterocycles. The highest BCUT2D eigenvalue weighted by Crippen LogP contribution is 2.35. The summed E-state index contributed by atoms with van der Waals surface area (Å²) in [5, 5.41) is 3.87. The highest BCUT2D eigenvalue weighted by molar-refractivity contribution is 7.91. The van der Waals surface area contributed by atoms with E-state index >= 15 is 0 Å². The van der Waals surface area contributed by atoms with Crippen molar-refractivity contribution in [2.75, 3.05) is 39.3 Å². The molecule has 5 rings (SSSR count). The molecule has 3 fully saturated rings. The van der Waals surface area contributed by atoms with Gasteiger partial charge in [0.15, 0.2) is 0 Å². The van der Waals surface area contributed by atoms with Crippen molar-refractivity contribution in [1.82, 2.24) is 29.2 Å². The summed E-state index contributed by atoms with van der Waals surface area (Å²) in [6, 6.07) is 2.66. The second-order valence-electron chi connectivity index (χ2n) is 10.6. The maximum atomic E-state index is 13.2. The lowest BCUT2D eigenvalue weighted by atomic mass is 10.1. The van der Waals surface area contributed by atoms with E-state index in [9.17, 15) is 31.2 Å². The number of halogens is 3. The van der Waals surface area contributed by atoms with Gasteiger partial charge in [-0.2, -0.15) is 23.0 Å². The van der Waals surface area contributed by atoms with E-state index in [2.05, 4.69) is 14.7 Å². The summed E-state index contributed by atoms with van der Waals surface area (Å²) < 4.78 is 68.7. The number of carbonyl (C=O) groups is 2. The number of amides is 2. The van der Waals surface area contributed by atoms with Crippen LogP contribution in [0.3, 0.4) is 0 Å². The Kier molecular flexibility index (Phi) is 8.28. The molecule has 1 N–H and O–H groups in total. The molecule has 15 heteroatoms. The molecular formula is C25H33F3N6O4S2. The molecule has 0 saturated carbocycles. The first kappa shape index (κ1) is 29.0. The number of alkyl halides is 3. The average Bonchev–Trinajstić information content (AvgIpc) is 3.68. The summed E-state index contributed by atoms with van der Waals surface area (Å²) in [5.41, 5.74) is -0.943. The van der Waals surface area contributed by atoms with Crippen molar-refractivity contribution in [2.24, 2.45) is 7.05 Å². The number of aromatic nitrogens is 2. The fourth-order valence-electron chi connectivity index (χ4n) is 5.78. The monoisotopic (exact) mass is 602 g/mol. The van der Waals surface area contributed by atoms with Crippen LogP contribution in [0.15, 0.2) is 22.4 Å². The zero-order valence-corrected chi connectivity index (χ0v) is 23.8. The Balaban J connectivity index is 1.22. The minimum atomic E-state index is -4.59. The number of sulfonamides is 1. The fraction of sp³-hybridized carbons (Fsp3) is 0.640. The zero-order chi connectivity index (χ0) is 28.7. The third-order valence-corrected chi connectivity index (χ3v) is 10.9. The van der Waals surface area contributed by atoms with Crippen molar-refractivity contribution < 1.29 is 31.2 Å². The molecule has 0 radical (unpaired) electrons. The second kappa shape index (κ2) is 11.4. The summed E-state index contributed by atoms with van der Waals surface area (Å²) in [4.78, 5) is 32.3. The topological polar surface area (TPSA) is 108 Å². The quantitative estimate of drug-likeness (QED) is 0.498. The number of nitrogens with zero attached hydrogens (tertiary/aromatic N) is 5. The number of likely N-dealkylation sites (tertiary alicyclic amines) is 3. The normalized spacial score (nSPS) is 22.9. The van der Waals surface area contributed by atoms with Crippen molar-refractivity contribution in [3.8, 4) is 10.6 Å². The van der Waals surface area contributed by atoms with Gasteiger partial charge in [0.2, 0.25) is 11.8 Å². The third kappa shape index (κ3) is 6.21. The average molecular weight is 603 g/mol. The van der Waals surface area contributed by atoms with Gasteiger partial charge in [-0.05, 0) is 69.8 Å². The van der Waals surface area contributed by atoms with Crippen LogP contribution < -0.4 is 4.72 Å². The van der Waals surface area contributed by atoms with E-state index in [-0.39, 0.29) is 39.7 Å². The predicted molar refractivity (Wildman–Crippen MR) is 142 cm³/mol. The van der Waals surface area contributed by atoms with E-state index in [0.29, 0.717) is 24.2 Å². The molecule has 2 unspecified atom stereocenters. The van der Waals surface area contributed by atoms with Crippen LogP contribution in [0, 0.1) is 0 Å². The molecule has 3 aliphatic rings. The molecule has 220 valence electrons. The highest BCUT2D eigenvalue weighted by atomic mass is 32.2. The minimum absolute atomic E-state index is 0.00431. The van der Waals surface area contributed by atoms with E-state index in [1.54, 1.807) is 0 Å². The van der Waals surface area contributed by atoms with Gasteiger partial charge in [0.05, 0.1) is 11.4 Å². The molecule has 40 heavy (non-hydrogen) atoms. The van der Waals surface area contributed by atoms with Crippen LogP contribution in [0.2, 0.25) is 0 Å². The summed E-state index contributed by atoms with van der Waals surface area (Å²) in [5.74, 6) is -0.565. The number of hydrogen-bond acceptors (Lipinski definition) is 7. The molecule has 0 bridgehead atoms. The van der Waals surface area contributed by atoms with Crippen molar-refractivity contribution in [3.63, 3.8) is 0 Å². The van der Waals surface area contributed by atoms with Gasteiger partial charge in [-0.15, -0.1) is 11.3 Å². The number of carbonyl (C=O) groups excluding carboxylic acids is 2. The standard InChI is InChI=1S/C25H33F3N6O4S2/c1-31-21(25(26,27)28)14-19(29-31)20-8-9-23(39-20)40(37,38)30-18-7-5-12-33(24(18)36)16-22(35)34-13-4-6-17(34)15-32-10-2-3-11-32/h8-9,14,17-18,30H,2-7,10-13,15-16H2,1H3. The van der Waals surface area contributed by atoms with Crippen molar-refractivity contribution in [2.45, 2.75) is 61.0 Å². The molecule has 0 spiro atoms. The number of thiophene rings is 1. The van der Waals surface area contributed by atoms with Crippen LogP contribution in [0.5, 0.6) is 0 Å². The minimum Gasteiger partial charge on any atom is -0.337 e. The van der Waals surface area contributed by atoms with Crippen LogP contribution >= 0.6 is 11.3 Å². The smallest absolute Gasteiger partial charge is 0.337 e. The van der Waals surface area contributed by atoms with Crippen LogP contribution in [0.4, 0.5) is 13.2 Å². The van der Waals surface area contributed by atoms with Gasteiger partial charge >= 0.3 is 6.18 Å². The van der Waals surface area contributed by atoms with E-state index in [1.165, 1.54) is 36.9 Å². The lowest BCUT2D eigenvalue weighted by Gasteiger charge is -2.34. The van der Waals surface area contributed by atoms with Gasteiger partial charge in [0, 0.05) is 32.7 Å². The molecule has 2 aromatic rings. The molecule has 2 amide bonds. The Morgan fingerprint density at radius 1 is 1.10 bits per heavy atom. The number of aryl methyl sites for hydroxylation is 1. The Hall–Kier alpha value is -2.49. The van der Waals surface area contributed by atoms with E-state index in [0.717, 1.165) is 49.9 Å². The van der Waals surface area contributed by atoms with Crippen molar-refractivity contribution >= 4 is 33.2 Å². The lowest BCUT2D eigenvalue weighted by molar-refractivity contribution is -0.143. The summed E-state index contributed by atoms with van der Waals surface area (Å²) >= 11 is 0.773. The van der Waals surface area contributed by atoms with Gasteiger partial charge in [0.1, 0.15) is 21.6 Å². The van der Waals surface area contributed by atoms with E-state index < -0.39 is 33.8 Å². The van der Waals surface area contributed by atoms with Gasteiger partial charge in [-0.1, -0.05) is 0 Å². The first-order chi connectivity index (χ1) is 18.9. The van der Waals surface area contributed by atoms with Crippen LogP contribution in [-0.4, -0.2) is 96.1 Å².